The number of rotatable bonds is 2. The predicted octanol–water partition coefficient (Wildman–Crippen LogP) is 2.53. The van der Waals surface area contributed by atoms with Gasteiger partial charge in [-0.15, -0.1) is 0 Å². The van der Waals surface area contributed by atoms with Gasteiger partial charge in [-0.25, -0.2) is 0 Å². The second-order valence-corrected chi connectivity index (χ2v) is 5.55. The van der Waals surface area contributed by atoms with Gasteiger partial charge in [0.2, 0.25) is 5.91 Å². The van der Waals surface area contributed by atoms with Crippen LogP contribution in [-0.2, 0) is 4.79 Å². The summed E-state index contributed by atoms with van der Waals surface area (Å²) in [5.41, 5.74) is 0.744. The molecule has 4 nitrogen and oxygen atoms in total. The van der Waals surface area contributed by atoms with E-state index >= 15 is 0 Å². The van der Waals surface area contributed by atoms with Crippen molar-refractivity contribution < 1.29 is 9.59 Å². The average molecular weight is 296 g/mol. The van der Waals surface area contributed by atoms with Gasteiger partial charge in [0.05, 0.1) is 0 Å². The first-order valence-electron chi connectivity index (χ1n) is 7.75. The van der Waals surface area contributed by atoms with Crippen LogP contribution in [0, 0.1) is 0 Å². The lowest BCUT2D eigenvalue weighted by molar-refractivity contribution is -0.132. The van der Waals surface area contributed by atoms with Gasteiger partial charge in [-0.3, -0.25) is 9.59 Å². The molecule has 2 aromatic rings. The van der Waals surface area contributed by atoms with Gasteiger partial charge in [0.25, 0.3) is 5.91 Å². The number of nitrogens with zero attached hydrogens (tertiary/aromatic N) is 2. The van der Waals surface area contributed by atoms with E-state index in [0.717, 1.165) is 16.3 Å². The van der Waals surface area contributed by atoms with Crippen LogP contribution in [0.5, 0.6) is 0 Å². The molecule has 0 saturated carbocycles. The maximum atomic E-state index is 12.8. The van der Waals surface area contributed by atoms with Crippen LogP contribution >= 0.6 is 0 Å². The van der Waals surface area contributed by atoms with E-state index in [-0.39, 0.29) is 11.8 Å². The highest BCUT2D eigenvalue weighted by Crippen LogP contribution is 2.20. The molecule has 22 heavy (non-hydrogen) atoms. The summed E-state index contributed by atoms with van der Waals surface area (Å²) in [7, 11) is 0. The Bertz CT molecular complexity index is 698. The lowest BCUT2D eigenvalue weighted by Crippen LogP contribution is -2.50. The van der Waals surface area contributed by atoms with Crippen molar-refractivity contribution in [1.29, 1.82) is 0 Å². The summed E-state index contributed by atoms with van der Waals surface area (Å²) in [6.45, 7) is 4.34. The molecule has 1 fully saturated rings. The van der Waals surface area contributed by atoms with E-state index in [1.165, 1.54) is 0 Å². The Hall–Kier alpha value is -2.36. The van der Waals surface area contributed by atoms with Gasteiger partial charge in [-0.05, 0) is 16.8 Å². The Balaban J connectivity index is 1.78. The SMILES string of the molecule is CCC(=O)N1CCN(C(=O)c2cccc3ccccc23)CC1. The molecule has 3 rings (SSSR count). The van der Waals surface area contributed by atoms with Gasteiger partial charge in [0.15, 0.2) is 0 Å². The van der Waals surface area contributed by atoms with E-state index in [9.17, 15) is 9.59 Å². The van der Waals surface area contributed by atoms with Crippen LogP contribution in [0.4, 0.5) is 0 Å². The number of carbonyl (C=O) groups excluding carboxylic acids is 2. The molecule has 2 amide bonds. The van der Waals surface area contributed by atoms with Crippen LogP contribution in [0.2, 0.25) is 0 Å². The van der Waals surface area contributed by atoms with Crippen molar-refractivity contribution in [2.75, 3.05) is 26.2 Å². The molecule has 1 heterocycles. The average Bonchev–Trinajstić information content (AvgIpc) is 2.60. The highest BCUT2D eigenvalue weighted by molar-refractivity contribution is 6.07. The van der Waals surface area contributed by atoms with Gasteiger partial charge in [-0.2, -0.15) is 0 Å². The summed E-state index contributed by atoms with van der Waals surface area (Å²) >= 11 is 0. The van der Waals surface area contributed by atoms with Crippen molar-refractivity contribution in [2.24, 2.45) is 0 Å². The van der Waals surface area contributed by atoms with Crippen molar-refractivity contribution in [1.82, 2.24) is 9.80 Å². The maximum Gasteiger partial charge on any atom is 0.254 e. The summed E-state index contributed by atoms with van der Waals surface area (Å²) in [6.07, 6.45) is 0.525. The van der Waals surface area contributed by atoms with Crippen LogP contribution in [0.1, 0.15) is 23.7 Å². The normalized spacial score (nSPS) is 15.1. The number of carbonyl (C=O) groups is 2. The second-order valence-electron chi connectivity index (χ2n) is 5.55. The van der Waals surface area contributed by atoms with E-state index < -0.39 is 0 Å². The molecule has 1 saturated heterocycles. The number of benzene rings is 2. The first kappa shape index (κ1) is 14.6. The zero-order valence-electron chi connectivity index (χ0n) is 12.8. The molecule has 1 aliphatic rings. The quantitative estimate of drug-likeness (QED) is 0.854. The molecule has 0 atom stereocenters. The molecule has 0 spiro atoms. The third-order valence-corrected chi connectivity index (χ3v) is 4.24. The fraction of sp³-hybridized carbons (Fsp3) is 0.333. The van der Waals surface area contributed by atoms with E-state index in [1.54, 1.807) is 0 Å². The Morgan fingerprint density at radius 1 is 0.909 bits per heavy atom. The Morgan fingerprint density at radius 3 is 2.27 bits per heavy atom. The number of amides is 2. The standard InChI is InChI=1S/C18H20N2O2/c1-2-17(21)19-10-12-20(13-11-19)18(22)16-9-5-7-14-6-3-4-8-15(14)16/h3-9H,2,10-13H2,1H3. The van der Waals surface area contributed by atoms with Crippen molar-refractivity contribution in [3.63, 3.8) is 0 Å². The van der Waals surface area contributed by atoms with Crippen molar-refractivity contribution in [2.45, 2.75) is 13.3 Å². The van der Waals surface area contributed by atoms with E-state index in [4.69, 9.17) is 0 Å². The highest BCUT2D eigenvalue weighted by Gasteiger charge is 2.24. The number of piperazine rings is 1. The lowest BCUT2D eigenvalue weighted by atomic mass is 10.0. The molecule has 0 radical (unpaired) electrons. The molecule has 0 N–H and O–H groups in total. The van der Waals surface area contributed by atoms with Gasteiger partial charge in [-0.1, -0.05) is 43.3 Å². The molecule has 1 aliphatic heterocycles. The number of fused-ring (bicyclic) bond motifs is 1. The summed E-state index contributed by atoms with van der Waals surface area (Å²) in [5.74, 6) is 0.220. The molecule has 0 unspecified atom stereocenters. The molecule has 0 bridgehead atoms. The van der Waals surface area contributed by atoms with Crippen LogP contribution in [0.3, 0.4) is 0 Å². The summed E-state index contributed by atoms with van der Waals surface area (Å²) < 4.78 is 0. The predicted molar refractivity (Wildman–Crippen MR) is 86.7 cm³/mol. The monoisotopic (exact) mass is 296 g/mol. The third kappa shape index (κ3) is 2.69. The molecule has 0 aromatic heterocycles. The molecular formula is C18H20N2O2. The summed E-state index contributed by atoms with van der Waals surface area (Å²) in [6, 6.07) is 13.8. The van der Waals surface area contributed by atoms with Crippen molar-refractivity contribution >= 4 is 22.6 Å². The summed E-state index contributed by atoms with van der Waals surface area (Å²) in [4.78, 5) is 28.2. The zero-order chi connectivity index (χ0) is 15.5. The first-order valence-corrected chi connectivity index (χ1v) is 7.75. The van der Waals surface area contributed by atoms with Gasteiger partial charge < -0.3 is 9.80 Å². The Labute approximate surface area is 130 Å². The molecular weight excluding hydrogens is 276 g/mol. The smallest absolute Gasteiger partial charge is 0.254 e. The number of hydrogen-bond acceptors (Lipinski definition) is 2. The topological polar surface area (TPSA) is 40.6 Å². The first-order chi connectivity index (χ1) is 10.7. The van der Waals surface area contributed by atoms with Crippen LogP contribution < -0.4 is 0 Å². The second kappa shape index (κ2) is 6.18. The highest BCUT2D eigenvalue weighted by atomic mass is 16.2. The minimum atomic E-state index is 0.0559. The van der Waals surface area contributed by atoms with Gasteiger partial charge in [0.1, 0.15) is 0 Å². The maximum absolute atomic E-state index is 12.8. The molecule has 2 aromatic carbocycles. The molecule has 114 valence electrons. The third-order valence-electron chi connectivity index (χ3n) is 4.24. The van der Waals surface area contributed by atoms with Crippen LogP contribution in [0.25, 0.3) is 10.8 Å². The largest absolute Gasteiger partial charge is 0.339 e. The van der Waals surface area contributed by atoms with Crippen molar-refractivity contribution in [3.8, 4) is 0 Å². The molecule has 0 aliphatic carbocycles. The van der Waals surface area contributed by atoms with E-state index in [2.05, 4.69) is 0 Å². The molecule has 4 heteroatoms. The summed E-state index contributed by atoms with van der Waals surface area (Å²) in [5, 5.41) is 2.07. The van der Waals surface area contributed by atoms with E-state index in [1.807, 2.05) is 59.2 Å². The Kier molecular flexibility index (Phi) is 4.09. The fourth-order valence-corrected chi connectivity index (χ4v) is 2.96. The van der Waals surface area contributed by atoms with E-state index in [0.29, 0.717) is 32.6 Å². The minimum Gasteiger partial charge on any atom is -0.339 e. The van der Waals surface area contributed by atoms with Gasteiger partial charge >= 0.3 is 0 Å². The lowest BCUT2D eigenvalue weighted by Gasteiger charge is -2.34. The fourth-order valence-electron chi connectivity index (χ4n) is 2.96. The zero-order valence-corrected chi connectivity index (χ0v) is 12.8. The minimum absolute atomic E-state index is 0.0559. The van der Waals surface area contributed by atoms with Gasteiger partial charge in [0, 0.05) is 38.2 Å². The van der Waals surface area contributed by atoms with Crippen LogP contribution in [0.15, 0.2) is 42.5 Å². The Morgan fingerprint density at radius 2 is 1.55 bits per heavy atom. The number of hydrogen-bond donors (Lipinski definition) is 0. The van der Waals surface area contributed by atoms with Crippen LogP contribution in [-0.4, -0.2) is 47.8 Å². The van der Waals surface area contributed by atoms with Crippen molar-refractivity contribution in [3.05, 3.63) is 48.0 Å².